The molecule has 0 aliphatic heterocycles. The van der Waals surface area contributed by atoms with Gasteiger partial charge < -0.3 is 9.80 Å². The van der Waals surface area contributed by atoms with E-state index in [4.69, 9.17) is 0 Å². The molecule has 0 saturated heterocycles. The molecule has 10 aromatic carbocycles. The van der Waals surface area contributed by atoms with E-state index < -0.39 is 0 Å². The molecule has 4 aliphatic carbocycles. The van der Waals surface area contributed by atoms with E-state index in [1.807, 2.05) is 0 Å². The number of anilines is 6. The van der Waals surface area contributed by atoms with Crippen LogP contribution in [0.3, 0.4) is 0 Å². The Morgan fingerprint density at radius 2 is 0.474 bits per heavy atom. The van der Waals surface area contributed by atoms with Crippen LogP contribution in [0.5, 0.6) is 0 Å². The highest BCUT2D eigenvalue weighted by Crippen LogP contribution is 2.56. The lowest BCUT2D eigenvalue weighted by atomic mass is 9.81. The van der Waals surface area contributed by atoms with E-state index in [0.717, 1.165) is 17.1 Å². The van der Waals surface area contributed by atoms with E-state index in [1.54, 1.807) is 0 Å². The first-order chi connectivity index (χ1) is 36.7. The van der Waals surface area contributed by atoms with Crippen LogP contribution in [0.4, 0.5) is 34.1 Å². The topological polar surface area (TPSA) is 6.48 Å². The number of rotatable bonds is 8. The Balaban J connectivity index is 0.793. The molecule has 2 nitrogen and oxygen atoms in total. The van der Waals surface area contributed by atoms with Crippen LogP contribution >= 0.6 is 0 Å². The van der Waals surface area contributed by atoms with Crippen molar-refractivity contribution in [2.75, 3.05) is 9.80 Å². The number of para-hydroxylation sites is 2. The smallest absolute Gasteiger partial charge is 0.0465 e. The van der Waals surface area contributed by atoms with Gasteiger partial charge in [0.2, 0.25) is 0 Å². The summed E-state index contributed by atoms with van der Waals surface area (Å²) in [4.78, 5) is 4.88. The fourth-order valence-corrected chi connectivity index (χ4v) is 13.9. The van der Waals surface area contributed by atoms with Crippen molar-refractivity contribution in [2.24, 2.45) is 0 Å². The fraction of sp³-hybridized carbons (Fsp3) is 0.162. The summed E-state index contributed by atoms with van der Waals surface area (Å²) < 4.78 is 0. The molecule has 14 rings (SSSR count). The summed E-state index contributed by atoms with van der Waals surface area (Å²) >= 11 is 0. The van der Waals surface area contributed by atoms with Gasteiger partial charge >= 0.3 is 0 Å². The van der Waals surface area contributed by atoms with Crippen molar-refractivity contribution in [3.8, 4) is 44.5 Å². The summed E-state index contributed by atoms with van der Waals surface area (Å²) in [6.07, 6.45) is 4.61. The van der Waals surface area contributed by atoms with Crippen LogP contribution in [0, 0.1) is 0 Å². The van der Waals surface area contributed by atoms with Crippen molar-refractivity contribution in [3.05, 3.63) is 274 Å². The molecular weight excluding hydrogens is 917 g/mol. The van der Waals surface area contributed by atoms with E-state index in [1.165, 1.54) is 117 Å². The highest BCUT2D eigenvalue weighted by molar-refractivity contribution is 5.92. The molecule has 76 heavy (non-hydrogen) atoms. The highest BCUT2D eigenvalue weighted by atomic mass is 15.1. The van der Waals surface area contributed by atoms with Crippen molar-refractivity contribution in [2.45, 2.75) is 77.0 Å². The average Bonchev–Trinajstić information content (AvgIpc) is 4.06. The second-order valence-electron chi connectivity index (χ2n) is 23.8. The standard InChI is InChI=1S/C74H62N2/c1-71(2)63-25-17-15-23-55(63)59-37-32-52(44-67(59)71)76(53-33-38-60-56-24-16-18-26-64(56)72(3,4)68(60)45-53)54-34-40-62-58-36-30-48(42-66(58)74(7,8)70(62)46-54)28-27-47-29-35-57-61-39-31-51(43-69(61)73(5,6)65(57)41-47)75(49-19-11-9-12-20-49)50-21-13-10-14-22-50/h9-46H,1-8H3. The Labute approximate surface area is 449 Å². The number of hydrogen-bond donors (Lipinski definition) is 0. The number of nitrogens with zero attached hydrogens (tertiary/aromatic N) is 2. The van der Waals surface area contributed by atoms with Gasteiger partial charge in [-0.15, -0.1) is 0 Å². The molecule has 0 unspecified atom stereocenters. The predicted octanol–water partition coefficient (Wildman–Crippen LogP) is 20.0. The molecule has 0 radical (unpaired) electrons. The lowest BCUT2D eigenvalue weighted by molar-refractivity contribution is 0.659. The quantitative estimate of drug-likeness (QED) is 0.140. The summed E-state index contributed by atoms with van der Waals surface area (Å²) in [6.45, 7) is 19.1. The van der Waals surface area contributed by atoms with Crippen LogP contribution in [0.25, 0.3) is 56.7 Å². The van der Waals surface area contributed by atoms with Gasteiger partial charge in [-0.3, -0.25) is 0 Å². The normalized spacial score (nSPS) is 15.7. The molecule has 0 fully saturated rings. The maximum atomic E-state index is 2.52. The maximum absolute atomic E-state index is 2.52. The molecule has 10 aromatic rings. The molecule has 0 aromatic heterocycles. The van der Waals surface area contributed by atoms with Gasteiger partial charge in [0.05, 0.1) is 0 Å². The minimum atomic E-state index is -0.224. The first-order valence-electron chi connectivity index (χ1n) is 27.2. The lowest BCUT2D eigenvalue weighted by Crippen LogP contribution is -2.19. The second-order valence-corrected chi connectivity index (χ2v) is 23.8. The minimum absolute atomic E-state index is 0.120. The van der Waals surface area contributed by atoms with Gasteiger partial charge in [0.15, 0.2) is 0 Å². The molecular formula is C74H62N2. The molecule has 0 bridgehead atoms. The molecule has 0 spiro atoms. The number of hydrogen-bond acceptors (Lipinski definition) is 2. The summed E-state index contributed by atoms with van der Waals surface area (Å²) in [5, 5.41) is 0. The number of benzene rings is 10. The lowest BCUT2D eigenvalue weighted by Gasteiger charge is -2.31. The largest absolute Gasteiger partial charge is 0.310 e. The van der Waals surface area contributed by atoms with Crippen LogP contribution in [-0.2, 0) is 21.7 Å². The minimum Gasteiger partial charge on any atom is -0.310 e. The number of fused-ring (bicyclic) bond motifs is 12. The zero-order valence-corrected chi connectivity index (χ0v) is 44.8. The van der Waals surface area contributed by atoms with E-state index in [-0.39, 0.29) is 21.7 Å². The van der Waals surface area contributed by atoms with Gasteiger partial charge in [0.25, 0.3) is 0 Å². The molecule has 0 saturated carbocycles. The van der Waals surface area contributed by atoms with Crippen molar-refractivity contribution in [3.63, 3.8) is 0 Å². The van der Waals surface area contributed by atoms with Crippen LogP contribution in [0.2, 0.25) is 0 Å². The summed E-state index contributed by atoms with van der Waals surface area (Å²) in [6, 6.07) is 82.0. The Morgan fingerprint density at radius 3 is 0.816 bits per heavy atom. The maximum Gasteiger partial charge on any atom is 0.0465 e. The van der Waals surface area contributed by atoms with Crippen LogP contribution < -0.4 is 9.80 Å². The first kappa shape index (κ1) is 46.1. The Bertz CT molecular complexity index is 3910. The molecule has 368 valence electrons. The fourth-order valence-electron chi connectivity index (χ4n) is 13.9. The predicted molar refractivity (Wildman–Crippen MR) is 321 cm³/mol. The third-order valence-electron chi connectivity index (χ3n) is 18.0. The molecule has 0 N–H and O–H groups in total. The molecule has 0 atom stereocenters. The van der Waals surface area contributed by atoms with E-state index >= 15 is 0 Å². The van der Waals surface area contributed by atoms with Crippen LogP contribution in [-0.4, -0.2) is 0 Å². The SMILES string of the molecule is CC1(C)c2ccccc2-c2ccc(N(c3ccc4c(c3)C(C)(C)c3ccccc3-4)c3ccc4c(c3)C(C)(C)c3cc(C=Cc5ccc6c(c5)C(C)(C)c5cc(N(c7ccccc7)c7ccccc7)ccc5-6)ccc3-4)cc21. The Morgan fingerprint density at radius 1 is 0.224 bits per heavy atom. The van der Waals surface area contributed by atoms with Gasteiger partial charge in [-0.05, 0) is 173 Å². The molecule has 0 heterocycles. The van der Waals surface area contributed by atoms with Gasteiger partial charge in [-0.25, -0.2) is 0 Å². The second kappa shape index (κ2) is 16.5. The van der Waals surface area contributed by atoms with Crippen LogP contribution in [0.1, 0.15) is 111 Å². The molecule has 0 amide bonds. The Kier molecular flexibility index (Phi) is 10.0. The van der Waals surface area contributed by atoms with Crippen molar-refractivity contribution < 1.29 is 0 Å². The average molecular weight is 979 g/mol. The first-order valence-corrected chi connectivity index (χ1v) is 27.2. The Hall–Kier alpha value is -8.46. The van der Waals surface area contributed by atoms with Crippen molar-refractivity contribution in [1.29, 1.82) is 0 Å². The third-order valence-corrected chi connectivity index (χ3v) is 18.0. The summed E-state index contributed by atoms with van der Waals surface area (Å²) in [7, 11) is 0. The van der Waals surface area contributed by atoms with Crippen molar-refractivity contribution >= 4 is 46.3 Å². The molecule has 4 aliphatic rings. The monoisotopic (exact) mass is 978 g/mol. The van der Waals surface area contributed by atoms with Gasteiger partial charge in [0.1, 0.15) is 0 Å². The summed E-state index contributed by atoms with van der Waals surface area (Å²) in [5.74, 6) is 0. The highest BCUT2D eigenvalue weighted by Gasteiger charge is 2.40. The van der Waals surface area contributed by atoms with Crippen LogP contribution in [0.15, 0.2) is 218 Å². The van der Waals surface area contributed by atoms with E-state index in [0.29, 0.717) is 0 Å². The van der Waals surface area contributed by atoms with E-state index in [2.05, 4.69) is 296 Å². The molecule has 2 heteroatoms. The zero-order valence-electron chi connectivity index (χ0n) is 44.8. The van der Waals surface area contributed by atoms with Gasteiger partial charge in [-0.1, -0.05) is 213 Å². The van der Waals surface area contributed by atoms with E-state index in [9.17, 15) is 0 Å². The third kappa shape index (κ3) is 6.79. The van der Waals surface area contributed by atoms with Gasteiger partial charge in [-0.2, -0.15) is 0 Å². The zero-order chi connectivity index (χ0) is 51.9. The summed E-state index contributed by atoms with van der Waals surface area (Å²) in [5.41, 5.74) is 30.4. The van der Waals surface area contributed by atoms with Gasteiger partial charge in [0, 0.05) is 55.8 Å². The van der Waals surface area contributed by atoms with Crippen molar-refractivity contribution in [1.82, 2.24) is 0 Å².